The fourth-order valence-corrected chi connectivity index (χ4v) is 3.80. The predicted molar refractivity (Wildman–Crippen MR) is 106 cm³/mol. The molecule has 0 N–H and O–H groups in total. The van der Waals surface area contributed by atoms with Gasteiger partial charge in [0.05, 0.1) is 5.57 Å². The van der Waals surface area contributed by atoms with Crippen LogP contribution in [0.3, 0.4) is 0 Å². The number of aromatic nitrogens is 2. The van der Waals surface area contributed by atoms with E-state index in [1.807, 2.05) is 35.0 Å². The third kappa shape index (κ3) is 4.24. The minimum absolute atomic E-state index is 0.153. The van der Waals surface area contributed by atoms with Crippen LogP contribution in [0.1, 0.15) is 15.6 Å². The van der Waals surface area contributed by atoms with E-state index in [9.17, 15) is 9.18 Å². The van der Waals surface area contributed by atoms with Crippen LogP contribution in [0.4, 0.5) is 4.39 Å². The summed E-state index contributed by atoms with van der Waals surface area (Å²) in [4.78, 5) is 18.6. The maximum Gasteiger partial charge on any atom is 0.340 e. The van der Waals surface area contributed by atoms with Gasteiger partial charge in [0.25, 0.3) is 5.89 Å². The molecular weight excluding hydrogens is 399 g/mol. The Balaban J connectivity index is 1.48. The average Bonchev–Trinajstić information content (AvgIpc) is 3.47. The summed E-state index contributed by atoms with van der Waals surface area (Å²) in [5, 5.41) is 7.68. The smallest absolute Gasteiger partial charge is 0.340 e. The third-order valence-corrected chi connectivity index (χ3v) is 5.46. The minimum atomic E-state index is -0.475. The fourth-order valence-electron chi connectivity index (χ4n) is 2.41. The molecule has 3 aromatic heterocycles. The second-order valence-electron chi connectivity index (χ2n) is 5.65. The van der Waals surface area contributed by atoms with Crippen LogP contribution in [-0.4, -0.2) is 16.1 Å². The Morgan fingerprint density at radius 3 is 2.61 bits per heavy atom. The van der Waals surface area contributed by atoms with Crippen LogP contribution < -0.4 is 0 Å². The van der Waals surface area contributed by atoms with Crippen molar-refractivity contribution in [3.8, 4) is 11.4 Å². The first-order chi connectivity index (χ1) is 13.7. The molecule has 0 unspecified atom stereocenters. The first kappa shape index (κ1) is 18.3. The molecule has 0 spiro atoms. The monoisotopic (exact) mass is 412 g/mol. The Morgan fingerprint density at radius 2 is 1.89 bits per heavy atom. The number of hydrogen-bond acceptors (Lipinski definition) is 7. The molecule has 0 fully saturated rings. The number of carbonyl (C=O) groups excluding carboxylic acids is 1. The molecule has 8 heteroatoms. The minimum Gasteiger partial charge on any atom is -0.452 e. The summed E-state index contributed by atoms with van der Waals surface area (Å²) >= 11 is 2.99. The van der Waals surface area contributed by atoms with Crippen molar-refractivity contribution in [2.24, 2.45) is 0 Å². The van der Waals surface area contributed by atoms with Gasteiger partial charge in [-0.1, -0.05) is 17.3 Å². The molecule has 4 aromatic rings. The Hall–Kier alpha value is -3.10. The normalized spacial score (nSPS) is 11.5. The van der Waals surface area contributed by atoms with Crippen molar-refractivity contribution in [1.29, 1.82) is 0 Å². The van der Waals surface area contributed by atoms with Crippen molar-refractivity contribution in [3.05, 3.63) is 80.8 Å². The van der Waals surface area contributed by atoms with Gasteiger partial charge in [-0.2, -0.15) is 4.98 Å². The van der Waals surface area contributed by atoms with E-state index in [1.165, 1.54) is 34.8 Å². The van der Waals surface area contributed by atoms with Gasteiger partial charge in [0.15, 0.2) is 6.61 Å². The molecule has 0 saturated carbocycles. The fraction of sp³-hybridized carbons (Fsp3) is 0.0500. The Labute approximate surface area is 167 Å². The van der Waals surface area contributed by atoms with Crippen molar-refractivity contribution in [3.63, 3.8) is 0 Å². The van der Waals surface area contributed by atoms with E-state index < -0.39 is 5.97 Å². The first-order valence-electron chi connectivity index (χ1n) is 8.24. The molecule has 4 rings (SSSR count). The predicted octanol–water partition coefficient (Wildman–Crippen LogP) is 5.28. The maximum absolute atomic E-state index is 13.0. The highest BCUT2D eigenvalue weighted by molar-refractivity contribution is 7.12. The number of carbonyl (C=O) groups is 1. The molecule has 0 saturated heterocycles. The number of hydrogen-bond donors (Lipinski definition) is 0. The Kier molecular flexibility index (Phi) is 5.41. The van der Waals surface area contributed by atoms with E-state index in [2.05, 4.69) is 10.1 Å². The largest absolute Gasteiger partial charge is 0.452 e. The second-order valence-corrected chi connectivity index (χ2v) is 7.57. The number of thiophene rings is 2. The lowest BCUT2D eigenvalue weighted by molar-refractivity contribution is -0.138. The summed E-state index contributed by atoms with van der Waals surface area (Å²) in [6, 6.07) is 13.3. The maximum atomic E-state index is 13.0. The number of esters is 1. The van der Waals surface area contributed by atoms with Crippen LogP contribution in [0.25, 0.3) is 23.0 Å². The van der Waals surface area contributed by atoms with E-state index in [0.717, 1.165) is 9.75 Å². The quantitative estimate of drug-likeness (QED) is 0.318. The molecule has 140 valence electrons. The van der Waals surface area contributed by atoms with E-state index >= 15 is 0 Å². The Morgan fingerprint density at radius 1 is 1.11 bits per heavy atom. The van der Waals surface area contributed by atoms with Crippen molar-refractivity contribution < 1.29 is 18.4 Å². The van der Waals surface area contributed by atoms with Crippen LogP contribution >= 0.6 is 22.7 Å². The molecule has 0 aliphatic rings. The summed E-state index contributed by atoms with van der Waals surface area (Å²) in [7, 11) is 0. The van der Waals surface area contributed by atoms with Crippen LogP contribution in [0.15, 0.2) is 63.8 Å². The topological polar surface area (TPSA) is 65.2 Å². The van der Waals surface area contributed by atoms with Crippen LogP contribution in [0.5, 0.6) is 0 Å². The lowest BCUT2D eigenvalue weighted by Gasteiger charge is -2.05. The lowest BCUT2D eigenvalue weighted by Crippen LogP contribution is -2.06. The van der Waals surface area contributed by atoms with Crippen LogP contribution in [-0.2, 0) is 16.1 Å². The van der Waals surface area contributed by atoms with Gasteiger partial charge in [0, 0.05) is 15.3 Å². The molecule has 0 radical (unpaired) electrons. The van der Waals surface area contributed by atoms with Gasteiger partial charge in [-0.05, 0) is 53.2 Å². The summed E-state index contributed by atoms with van der Waals surface area (Å²) in [5.74, 6) is -0.356. The van der Waals surface area contributed by atoms with Crippen molar-refractivity contribution in [2.45, 2.75) is 6.61 Å². The molecule has 3 heterocycles. The summed E-state index contributed by atoms with van der Waals surface area (Å²) in [6.07, 6.45) is 1.80. The highest BCUT2D eigenvalue weighted by Gasteiger charge is 2.17. The first-order valence-corrected chi connectivity index (χ1v) is 10.00. The second kappa shape index (κ2) is 8.28. The zero-order valence-electron chi connectivity index (χ0n) is 14.4. The highest BCUT2D eigenvalue weighted by Crippen LogP contribution is 2.26. The zero-order valence-corrected chi connectivity index (χ0v) is 16.0. The molecule has 0 aliphatic carbocycles. The summed E-state index contributed by atoms with van der Waals surface area (Å²) in [6.45, 7) is -0.153. The summed E-state index contributed by atoms with van der Waals surface area (Å²) in [5.41, 5.74) is 1.08. The van der Waals surface area contributed by atoms with Gasteiger partial charge in [-0.15, -0.1) is 22.7 Å². The zero-order chi connectivity index (χ0) is 19.3. The van der Waals surface area contributed by atoms with Gasteiger partial charge in [0.1, 0.15) is 5.82 Å². The van der Waals surface area contributed by atoms with Crippen LogP contribution in [0.2, 0.25) is 0 Å². The molecule has 0 amide bonds. The molecule has 5 nitrogen and oxygen atoms in total. The lowest BCUT2D eigenvalue weighted by atomic mass is 10.2. The number of halogens is 1. The van der Waals surface area contributed by atoms with Gasteiger partial charge >= 0.3 is 5.97 Å². The third-order valence-electron chi connectivity index (χ3n) is 3.73. The molecular formula is C20H13FN2O3S2. The van der Waals surface area contributed by atoms with Gasteiger partial charge in [-0.3, -0.25) is 0 Å². The number of rotatable bonds is 6. The van der Waals surface area contributed by atoms with E-state index in [4.69, 9.17) is 9.26 Å². The van der Waals surface area contributed by atoms with Crippen molar-refractivity contribution in [1.82, 2.24) is 10.1 Å². The van der Waals surface area contributed by atoms with Crippen LogP contribution in [0, 0.1) is 5.82 Å². The molecule has 0 bridgehead atoms. The van der Waals surface area contributed by atoms with Crippen molar-refractivity contribution >= 4 is 40.3 Å². The standard InChI is InChI=1S/C20H13FN2O3S2/c21-14-7-5-13(6-8-14)19-22-18(26-23-19)12-25-20(24)16(17-4-2-10-28-17)11-15-3-1-9-27-15/h1-11H,12H2/b16-11+. The number of nitrogens with zero attached hydrogens (tertiary/aromatic N) is 2. The van der Waals surface area contributed by atoms with Gasteiger partial charge < -0.3 is 9.26 Å². The van der Waals surface area contributed by atoms with Gasteiger partial charge in [0.2, 0.25) is 5.82 Å². The van der Waals surface area contributed by atoms with Gasteiger partial charge in [-0.25, -0.2) is 9.18 Å². The molecule has 1 aromatic carbocycles. The average molecular weight is 412 g/mol. The molecule has 0 atom stereocenters. The number of ether oxygens (including phenoxy) is 1. The summed E-state index contributed by atoms with van der Waals surface area (Å²) < 4.78 is 23.5. The van der Waals surface area contributed by atoms with E-state index in [0.29, 0.717) is 17.0 Å². The van der Waals surface area contributed by atoms with E-state index in [1.54, 1.807) is 18.2 Å². The van der Waals surface area contributed by atoms with E-state index in [-0.39, 0.29) is 18.3 Å². The van der Waals surface area contributed by atoms with Crippen molar-refractivity contribution in [2.75, 3.05) is 0 Å². The highest BCUT2D eigenvalue weighted by atomic mass is 32.1. The number of benzene rings is 1. The molecule has 0 aliphatic heterocycles. The SMILES string of the molecule is O=C(OCc1nc(-c2ccc(F)cc2)no1)/C(=C/c1cccs1)c1cccs1. The molecule has 28 heavy (non-hydrogen) atoms. The Bertz CT molecular complexity index is 1090.